The molecule has 9 heteroatoms. The fourth-order valence-corrected chi connectivity index (χ4v) is 4.52. The first-order valence-electron chi connectivity index (χ1n) is 12.6. The van der Waals surface area contributed by atoms with Gasteiger partial charge in [0.2, 0.25) is 5.91 Å². The lowest BCUT2D eigenvalue weighted by Crippen LogP contribution is -2.40. The molecular weight excluding hydrogens is 482 g/mol. The first kappa shape index (κ1) is 26.8. The minimum atomic E-state index is -0.156. The van der Waals surface area contributed by atoms with E-state index in [0.29, 0.717) is 17.2 Å². The monoisotopic (exact) mass is 515 g/mol. The second-order valence-electron chi connectivity index (χ2n) is 9.13. The van der Waals surface area contributed by atoms with E-state index in [1.807, 2.05) is 30.5 Å². The predicted octanol–water partition coefficient (Wildman–Crippen LogP) is 4.30. The van der Waals surface area contributed by atoms with Crippen molar-refractivity contribution in [3.8, 4) is 11.5 Å². The summed E-state index contributed by atoms with van der Waals surface area (Å²) in [5, 5.41) is 6.90. The average Bonchev–Trinajstić information content (AvgIpc) is 2.93. The van der Waals surface area contributed by atoms with Gasteiger partial charge in [-0.05, 0) is 79.0 Å². The molecule has 1 saturated heterocycles. The number of likely N-dealkylation sites (tertiary alicyclic amines) is 1. The molecule has 2 amide bonds. The number of aromatic nitrogens is 1. The Balaban J connectivity index is 1.33. The molecule has 1 atom stereocenters. The minimum Gasteiger partial charge on any atom is -0.496 e. The summed E-state index contributed by atoms with van der Waals surface area (Å²) in [6.45, 7) is 2.89. The van der Waals surface area contributed by atoms with E-state index in [4.69, 9.17) is 9.47 Å². The van der Waals surface area contributed by atoms with E-state index in [-0.39, 0.29) is 31.0 Å². The van der Waals surface area contributed by atoms with Gasteiger partial charge in [-0.1, -0.05) is 12.5 Å². The summed E-state index contributed by atoms with van der Waals surface area (Å²) < 4.78 is 11.4. The zero-order valence-electron chi connectivity index (χ0n) is 21.7. The van der Waals surface area contributed by atoms with Crippen molar-refractivity contribution in [3.05, 3.63) is 83.7 Å². The first-order chi connectivity index (χ1) is 18.5. The second kappa shape index (κ2) is 13.3. The summed E-state index contributed by atoms with van der Waals surface area (Å²) in [6.07, 6.45) is 8.48. The third-order valence-corrected chi connectivity index (χ3v) is 6.31. The van der Waals surface area contributed by atoms with E-state index in [9.17, 15) is 9.59 Å². The lowest BCUT2D eigenvalue weighted by molar-refractivity contribution is -0.123. The molecule has 1 fully saturated rings. The molecule has 9 nitrogen and oxygen atoms in total. The van der Waals surface area contributed by atoms with Crippen LogP contribution in [0.1, 0.15) is 48.9 Å². The van der Waals surface area contributed by atoms with Gasteiger partial charge in [-0.3, -0.25) is 19.5 Å². The molecule has 1 aromatic heterocycles. The number of methoxy groups -OCH3 is 1. The largest absolute Gasteiger partial charge is 0.496 e. The number of pyridine rings is 1. The van der Waals surface area contributed by atoms with Crippen LogP contribution in [0, 0.1) is 0 Å². The van der Waals surface area contributed by atoms with E-state index in [1.54, 1.807) is 43.8 Å². The lowest BCUT2D eigenvalue weighted by atomic mass is 9.96. The zero-order valence-corrected chi connectivity index (χ0v) is 21.7. The third kappa shape index (κ3) is 7.63. The van der Waals surface area contributed by atoms with Crippen LogP contribution in [0.15, 0.2) is 72.1 Å². The van der Waals surface area contributed by atoms with Crippen LogP contribution < -0.4 is 20.2 Å². The first-order valence-corrected chi connectivity index (χ1v) is 12.6. The molecule has 198 valence electrons. The number of nitrogens with one attached hydrogen (secondary N) is 2. The van der Waals surface area contributed by atoms with Gasteiger partial charge in [0.25, 0.3) is 5.91 Å². The third-order valence-electron chi connectivity index (χ3n) is 6.31. The van der Waals surface area contributed by atoms with E-state index in [1.165, 1.54) is 6.92 Å². The van der Waals surface area contributed by atoms with E-state index in [0.717, 1.165) is 42.5 Å². The van der Waals surface area contributed by atoms with Gasteiger partial charge in [0, 0.05) is 36.6 Å². The van der Waals surface area contributed by atoms with Crippen LogP contribution in [0.25, 0.3) is 0 Å². The van der Waals surface area contributed by atoms with Crippen LogP contribution in [0.4, 0.5) is 5.69 Å². The van der Waals surface area contributed by atoms with Crippen LogP contribution in [-0.2, 0) is 16.2 Å². The van der Waals surface area contributed by atoms with Crippen molar-refractivity contribution < 1.29 is 19.1 Å². The number of hydrogen-bond donors (Lipinski definition) is 2. The topological polar surface area (TPSA) is 105 Å². The van der Waals surface area contributed by atoms with E-state index in [2.05, 4.69) is 31.8 Å². The second-order valence-corrected chi connectivity index (χ2v) is 9.13. The number of benzene rings is 2. The van der Waals surface area contributed by atoms with Crippen molar-refractivity contribution in [1.29, 1.82) is 0 Å². The Kier molecular flexibility index (Phi) is 9.42. The van der Waals surface area contributed by atoms with Crippen molar-refractivity contribution >= 4 is 23.7 Å². The molecule has 2 N–H and O–H groups in total. The summed E-state index contributed by atoms with van der Waals surface area (Å²) >= 11 is 0. The molecule has 4 rings (SSSR count). The van der Waals surface area contributed by atoms with Crippen molar-refractivity contribution in [2.75, 3.05) is 25.5 Å². The Bertz CT molecular complexity index is 1250. The van der Waals surface area contributed by atoms with Crippen molar-refractivity contribution in [1.82, 2.24) is 15.3 Å². The standard InChI is InChI=1S/C29H33N5O4/c1-21(35)32-25-9-11-26(12-10-25)38-20-24-16-22(8-13-28(24)37-2)17-31-33-29(36)19-34-15-4-3-7-27(34)23-6-5-14-30-18-23/h5-6,8-14,16-18,27H,3-4,7,15,19-20H2,1-2H3,(H,32,35)(H,33,36)/b31-17+. The summed E-state index contributed by atoms with van der Waals surface area (Å²) in [5.41, 5.74) is 6.14. The molecule has 38 heavy (non-hydrogen) atoms. The fourth-order valence-electron chi connectivity index (χ4n) is 4.52. The van der Waals surface area contributed by atoms with Crippen molar-refractivity contribution in [2.45, 2.75) is 38.8 Å². The molecule has 0 saturated carbocycles. The van der Waals surface area contributed by atoms with Crippen LogP contribution >= 0.6 is 0 Å². The average molecular weight is 516 g/mol. The molecule has 2 heterocycles. The highest BCUT2D eigenvalue weighted by molar-refractivity contribution is 5.88. The summed E-state index contributed by atoms with van der Waals surface area (Å²) in [6, 6.07) is 17.0. The minimum absolute atomic E-state index is 0.126. The smallest absolute Gasteiger partial charge is 0.254 e. The molecule has 1 unspecified atom stereocenters. The normalized spacial score (nSPS) is 15.7. The highest BCUT2D eigenvalue weighted by atomic mass is 16.5. The summed E-state index contributed by atoms with van der Waals surface area (Å²) in [4.78, 5) is 30.3. The number of amides is 2. The van der Waals surface area contributed by atoms with Crippen molar-refractivity contribution in [2.24, 2.45) is 5.10 Å². The molecule has 3 aromatic rings. The summed E-state index contributed by atoms with van der Waals surface area (Å²) in [7, 11) is 1.61. The molecule has 0 spiro atoms. The van der Waals surface area contributed by atoms with Crippen LogP contribution in [0.5, 0.6) is 11.5 Å². The molecular formula is C29H33N5O4. The number of nitrogens with zero attached hydrogens (tertiary/aromatic N) is 3. The zero-order chi connectivity index (χ0) is 26.7. The molecule has 0 radical (unpaired) electrons. The Labute approximate surface area is 222 Å². The SMILES string of the molecule is COc1ccc(/C=N/NC(=O)CN2CCCCC2c2cccnc2)cc1COc1ccc(NC(C)=O)cc1. The van der Waals surface area contributed by atoms with E-state index >= 15 is 0 Å². The van der Waals surface area contributed by atoms with Crippen LogP contribution in [0.3, 0.4) is 0 Å². The Hall–Kier alpha value is -4.24. The number of rotatable bonds is 10. The molecule has 1 aliphatic rings. The number of ether oxygens (including phenoxy) is 2. The van der Waals surface area contributed by atoms with Gasteiger partial charge in [-0.15, -0.1) is 0 Å². The number of carbonyl (C=O) groups excluding carboxylic acids is 2. The van der Waals surface area contributed by atoms with Crippen molar-refractivity contribution in [3.63, 3.8) is 0 Å². The molecule has 1 aliphatic heterocycles. The maximum atomic E-state index is 12.6. The van der Waals surface area contributed by atoms with Gasteiger partial charge < -0.3 is 14.8 Å². The van der Waals surface area contributed by atoms with Gasteiger partial charge >= 0.3 is 0 Å². The number of hydrogen-bond acceptors (Lipinski definition) is 7. The lowest BCUT2D eigenvalue weighted by Gasteiger charge is -2.35. The predicted molar refractivity (Wildman–Crippen MR) is 146 cm³/mol. The highest BCUT2D eigenvalue weighted by Gasteiger charge is 2.25. The van der Waals surface area contributed by atoms with Gasteiger partial charge in [0.1, 0.15) is 18.1 Å². The molecule has 2 aromatic carbocycles. The fraction of sp³-hybridized carbons (Fsp3) is 0.310. The highest BCUT2D eigenvalue weighted by Crippen LogP contribution is 2.30. The summed E-state index contributed by atoms with van der Waals surface area (Å²) in [5.74, 6) is 1.07. The Morgan fingerprint density at radius 1 is 1.16 bits per heavy atom. The maximum Gasteiger partial charge on any atom is 0.254 e. The number of anilines is 1. The quantitative estimate of drug-likeness (QED) is 0.308. The van der Waals surface area contributed by atoms with Gasteiger partial charge in [-0.2, -0.15) is 5.10 Å². The molecule has 0 aliphatic carbocycles. The van der Waals surface area contributed by atoms with Crippen LogP contribution in [0.2, 0.25) is 0 Å². The van der Waals surface area contributed by atoms with Gasteiger partial charge in [0.05, 0.1) is 19.9 Å². The number of piperidine rings is 1. The van der Waals surface area contributed by atoms with Crippen LogP contribution in [-0.4, -0.2) is 48.1 Å². The number of carbonyl (C=O) groups is 2. The van der Waals surface area contributed by atoms with Gasteiger partial charge in [0.15, 0.2) is 0 Å². The van der Waals surface area contributed by atoms with E-state index < -0.39 is 0 Å². The maximum absolute atomic E-state index is 12.6. The number of hydrazone groups is 1. The van der Waals surface area contributed by atoms with Gasteiger partial charge in [-0.25, -0.2) is 5.43 Å². The Morgan fingerprint density at radius 2 is 2.00 bits per heavy atom. The molecule has 0 bridgehead atoms. The Morgan fingerprint density at radius 3 is 2.74 bits per heavy atom.